The Morgan fingerprint density at radius 3 is 2.71 bits per heavy atom. The zero-order chi connectivity index (χ0) is 12.3. The number of carboxylic acid groups (broad SMARTS) is 1. The van der Waals surface area contributed by atoms with E-state index in [0.717, 1.165) is 22.6 Å². The molecule has 0 saturated heterocycles. The lowest BCUT2D eigenvalue weighted by molar-refractivity contribution is 0.0697. The molecule has 1 saturated carbocycles. The number of benzene rings is 1. The number of halogens is 1. The maximum Gasteiger partial charge on any atom is 0.335 e. The average molecular weight is 298 g/mol. The molecular formula is C13H16BrNO2. The summed E-state index contributed by atoms with van der Waals surface area (Å²) in [5.41, 5.74) is 1.28. The lowest BCUT2D eigenvalue weighted by Gasteiger charge is -2.13. The molecule has 0 spiro atoms. The van der Waals surface area contributed by atoms with Crippen LogP contribution >= 0.6 is 15.9 Å². The molecule has 92 valence electrons. The molecule has 1 aromatic rings. The molecule has 0 atom stereocenters. The lowest BCUT2D eigenvalue weighted by Crippen LogP contribution is -2.11. The predicted octanol–water partition coefficient (Wildman–Crippen LogP) is 3.75. The Kier molecular flexibility index (Phi) is 4.05. The molecule has 1 aliphatic carbocycles. The molecule has 1 aliphatic rings. The first-order valence-electron chi connectivity index (χ1n) is 5.93. The van der Waals surface area contributed by atoms with Crippen LogP contribution in [-0.2, 0) is 0 Å². The van der Waals surface area contributed by atoms with Crippen molar-refractivity contribution in [2.75, 3.05) is 11.9 Å². The van der Waals surface area contributed by atoms with Gasteiger partial charge in [0.2, 0.25) is 0 Å². The van der Waals surface area contributed by atoms with E-state index in [9.17, 15) is 4.79 Å². The summed E-state index contributed by atoms with van der Waals surface area (Å²) in [5, 5.41) is 12.2. The third kappa shape index (κ3) is 3.22. The molecule has 0 unspecified atom stereocenters. The third-order valence-corrected chi connectivity index (χ3v) is 3.93. The van der Waals surface area contributed by atoms with Gasteiger partial charge in [-0.25, -0.2) is 4.79 Å². The van der Waals surface area contributed by atoms with Crippen LogP contribution in [0.5, 0.6) is 0 Å². The van der Waals surface area contributed by atoms with Crippen molar-refractivity contribution in [2.24, 2.45) is 5.92 Å². The van der Waals surface area contributed by atoms with Gasteiger partial charge in [0.05, 0.1) is 5.56 Å². The quantitative estimate of drug-likeness (QED) is 0.890. The van der Waals surface area contributed by atoms with Crippen molar-refractivity contribution in [3.63, 3.8) is 0 Å². The zero-order valence-electron chi connectivity index (χ0n) is 9.58. The summed E-state index contributed by atoms with van der Waals surface area (Å²) in [5.74, 6) is -0.130. The van der Waals surface area contributed by atoms with Crippen LogP contribution in [0.1, 0.15) is 36.0 Å². The molecular weight excluding hydrogens is 282 g/mol. The summed E-state index contributed by atoms with van der Waals surface area (Å²) in [6.45, 7) is 0.977. The van der Waals surface area contributed by atoms with Crippen molar-refractivity contribution in [1.82, 2.24) is 0 Å². The molecule has 0 aliphatic heterocycles. The van der Waals surface area contributed by atoms with E-state index >= 15 is 0 Å². The van der Waals surface area contributed by atoms with Crippen molar-refractivity contribution in [2.45, 2.75) is 25.7 Å². The van der Waals surface area contributed by atoms with Crippen molar-refractivity contribution in [3.8, 4) is 0 Å². The smallest absolute Gasteiger partial charge is 0.335 e. The van der Waals surface area contributed by atoms with E-state index in [1.165, 1.54) is 25.7 Å². The second-order valence-electron chi connectivity index (χ2n) is 4.53. The highest BCUT2D eigenvalue weighted by Gasteiger charge is 2.15. The van der Waals surface area contributed by atoms with Crippen molar-refractivity contribution in [3.05, 3.63) is 28.2 Å². The van der Waals surface area contributed by atoms with Crippen LogP contribution in [-0.4, -0.2) is 17.6 Å². The average Bonchev–Trinajstić information content (AvgIpc) is 2.80. The number of carbonyl (C=O) groups is 1. The molecule has 1 aromatic carbocycles. The van der Waals surface area contributed by atoms with E-state index in [0.29, 0.717) is 5.56 Å². The zero-order valence-corrected chi connectivity index (χ0v) is 11.2. The molecule has 0 heterocycles. The lowest BCUT2D eigenvalue weighted by atomic mass is 10.1. The Morgan fingerprint density at radius 1 is 1.41 bits per heavy atom. The maximum absolute atomic E-state index is 10.8. The molecule has 1 fully saturated rings. The first-order chi connectivity index (χ1) is 8.16. The number of rotatable bonds is 4. The van der Waals surface area contributed by atoms with E-state index < -0.39 is 5.97 Å². The monoisotopic (exact) mass is 297 g/mol. The molecule has 0 radical (unpaired) electrons. The number of anilines is 1. The normalized spacial score (nSPS) is 16.1. The van der Waals surface area contributed by atoms with Gasteiger partial charge in [0, 0.05) is 16.7 Å². The Balaban J connectivity index is 1.98. The topological polar surface area (TPSA) is 49.3 Å². The summed E-state index contributed by atoms with van der Waals surface area (Å²) < 4.78 is 0.815. The van der Waals surface area contributed by atoms with Crippen molar-refractivity contribution < 1.29 is 9.90 Å². The minimum atomic E-state index is -0.895. The van der Waals surface area contributed by atoms with Crippen molar-refractivity contribution >= 4 is 27.6 Å². The standard InChI is InChI=1S/C13H16BrNO2/c14-11-7-10(13(16)17)5-6-12(11)15-8-9-3-1-2-4-9/h5-7,9,15H,1-4,8H2,(H,16,17). The number of carboxylic acids is 1. The highest BCUT2D eigenvalue weighted by Crippen LogP contribution is 2.27. The van der Waals surface area contributed by atoms with Crippen molar-refractivity contribution in [1.29, 1.82) is 0 Å². The minimum absolute atomic E-state index is 0.309. The van der Waals surface area contributed by atoms with Crippen LogP contribution in [0.25, 0.3) is 0 Å². The van der Waals surface area contributed by atoms with Gasteiger partial charge in [0.25, 0.3) is 0 Å². The summed E-state index contributed by atoms with van der Waals surface area (Å²) in [6.07, 6.45) is 5.28. The maximum atomic E-state index is 10.8. The third-order valence-electron chi connectivity index (χ3n) is 3.27. The Labute approximate surface area is 109 Å². The molecule has 0 amide bonds. The largest absolute Gasteiger partial charge is 0.478 e. The fourth-order valence-electron chi connectivity index (χ4n) is 2.26. The van der Waals surface area contributed by atoms with E-state index in [1.807, 2.05) is 6.07 Å². The predicted molar refractivity (Wildman–Crippen MR) is 71.5 cm³/mol. The van der Waals surface area contributed by atoms with Gasteiger partial charge in [-0.1, -0.05) is 12.8 Å². The summed E-state index contributed by atoms with van der Waals surface area (Å²) in [7, 11) is 0. The van der Waals surface area contributed by atoms with Gasteiger partial charge in [-0.3, -0.25) is 0 Å². The summed E-state index contributed by atoms with van der Waals surface area (Å²) in [6, 6.07) is 5.09. The fraction of sp³-hybridized carbons (Fsp3) is 0.462. The first-order valence-corrected chi connectivity index (χ1v) is 6.73. The molecule has 0 bridgehead atoms. The number of hydrogen-bond acceptors (Lipinski definition) is 2. The fourth-order valence-corrected chi connectivity index (χ4v) is 2.78. The molecule has 3 nitrogen and oxygen atoms in total. The molecule has 2 N–H and O–H groups in total. The van der Waals surface area contributed by atoms with E-state index in [-0.39, 0.29) is 0 Å². The summed E-state index contributed by atoms with van der Waals surface area (Å²) >= 11 is 3.40. The Morgan fingerprint density at radius 2 is 2.12 bits per heavy atom. The van der Waals surface area contributed by atoms with Crippen LogP contribution < -0.4 is 5.32 Å². The van der Waals surface area contributed by atoms with Crippen LogP contribution in [0.4, 0.5) is 5.69 Å². The Hall–Kier alpha value is -1.03. The first kappa shape index (κ1) is 12.4. The van der Waals surface area contributed by atoms with Crippen LogP contribution in [0.2, 0.25) is 0 Å². The van der Waals surface area contributed by atoms with Crippen LogP contribution in [0.3, 0.4) is 0 Å². The van der Waals surface area contributed by atoms with Crippen LogP contribution in [0, 0.1) is 5.92 Å². The molecule has 4 heteroatoms. The molecule has 17 heavy (non-hydrogen) atoms. The van der Waals surface area contributed by atoms with Gasteiger partial charge in [-0.2, -0.15) is 0 Å². The van der Waals surface area contributed by atoms with Gasteiger partial charge < -0.3 is 10.4 Å². The molecule has 2 rings (SSSR count). The van der Waals surface area contributed by atoms with Gasteiger partial charge in [-0.05, 0) is 52.9 Å². The van der Waals surface area contributed by atoms with Gasteiger partial charge in [-0.15, -0.1) is 0 Å². The van der Waals surface area contributed by atoms with E-state index in [2.05, 4.69) is 21.2 Å². The highest BCUT2D eigenvalue weighted by atomic mass is 79.9. The number of nitrogens with one attached hydrogen (secondary N) is 1. The van der Waals surface area contributed by atoms with Gasteiger partial charge >= 0.3 is 5.97 Å². The van der Waals surface area contributed by atoms with Gasteiger partial charge in [0.1, 0.15) is 0 Å². The second-order valence-corrected chi connectivity index (χ2v) is 5.39. The Bertz CT molecular complexity index is 414. The highest BCUT2D eigenvalue weighted by molar-refractivity contribution is 9.10. The number of aromatic carboxylic acids is 1. The van der Waals surface area contributed by atoms with Crippen LogP contribution in [0.15, 0.2) is 22.7 Å². The second kappa shape index (κ2) is 5.54. The SMILES string of the molecule is O=C(O)c1ccc(NCC2CCCC2)c(Br)c1. The van der Waals surface area contributed by atoms with E-state index in [1.54, 1.807) is 12.1 Å². The molecule has 0 aromatic heterocycles. The van der Waals surface area contributed by atoms with E-state index in [4.69, 9.17) is 5.11 Å². The van der Waals surface area contributed by atoms with Gasteiger partial charge in [0.15, 0.2) is 0 Å². The minimum Gasteiger partial charge on any atom is -0.478 e. The number of hydrogen-bond donors (Lipinski definition) is 2. The summed E-state index contributed by atoms with van der Waals surface area (Å²) in [4.78, 5) is 10.8.